The maximum absolute atomic E-state index is 13.3. The first-order valence-corrected chi connectivity index (χ1v) is 21.9. The van der Waals surface area contributed by atoms with E-state index in [-0.39, 0.29) is 36.3 Å². The number of hydrogen-bond acceptors (Lipinski definition) is 13. The average Bonchev–Trinajstić information content (AvgIpc) is 3.63. The summed E-state index contributed by atoms with van der Waals surface area (Å²) in [5.41, 5.74) is -0.262. The van der Waals surface area contributed by atoms with Gasteiger partial charge in [0.05, 0.1) is 91.5 Å². The van der Waals surface area contributed by atoms with E-state index < -0.39 is 19.0 Å². The highest BCUT2D eigenvalue weighted by atomic mass is 32.1. The van der Waals surface area contributed by atoms with Gasteiger partial charge in [-0.2, -0.15) is 25.3 Å². The fraction of sp³-hybridized carbons (Fsp3) is 1.00. The van der Waals surface area contributed by atoms with Crippen molar-refractivity contribution in [3.8, 4) is 0 Å². The molecular formula is C36H64O11PS2-. The molecule has 10 unspecified atom stereocenters. The number of fused-ring (bicyclic) bond motifs is 6. The Morgan fingerprint density at radius 3 is 1.74 bits per heavy atom. The molecule has 4 aliphatic carbocycles. The standard InChI is InChI=1S/C36H65O11PS2/c1-34-9-6-28(48(37,38)45-23-22-44-21-20-43-19-18-42-17-16-41-15-14-40-13-12-39-3)24-27(34)4-5-29-30(34)7-10-35(2)31(29)8-11-36(35)46-32(25-49)33(26-50)47-36/h27-33,49-50H,4-26H2,1-3H3,(H,37,38)/p-1. The van der Waals surface area contributed by atoms with Crippen LogP contribution in [0, 0.1) is 34.5 Å². The van der Waals surface area contributed by atoms with Gasteiger partial charge in [-0.15, -0.1) is 0 Å². The summed E-state index contributed by atoms with van der Waals surface area (Å²) in [5.74, 6) is 3.00. The lowest BCUT2D eigenvalue weighted by atomic mass is 9.45. The first-order chi connectivity index (χ1) is 24.1. The Labute approximate surface area is 311 Å². The van der Waals surface area contributed by atoms with Crippen molar-refractivity contribution >= 4 is 32.9 Å². The van der Waals surface area contributed by atoms with Crippen LogP contribution in [0.1, 0.15) is 71.6 Å². The first kappa shape index (κ1) is 41.7. The highest BCUT2D eigenvalue weighted by Crippen LogP contribution is 2.71. The van der Waals surface area contributed by atoms with Gasteiger partial charge in [0.1, 0.15) is 7.60 Å². The topological polar surface area (TPSA) is 123 Å². The summed E-state index contributed by atoms with van der Waals surface area (Å²) in [6, 6.07) is 0. The summed E-state index contributed by atoms with van der Waals surface area (Å²) in [5, 5.41) is 0. The third-order valence-corrected chi connectivity index (χ3v) is 15.6. The number of rotatable bonds is 22. The summed E-state index contributed by atoms with van der Waals surface area (Å²) in [7, 11) is -2.36. The normalized spacial score (nSPS) is 39.3. The molecule has 1 saturated heterocycles. The van der Waals surface area contributed by atoms with Gasteiger partial charge in [-0.05, 0) is 80.5 Å². The highest BCUT2D eigenvalue weighted by Gasteiger charge is 2.69. The maximum atomic E-state index is 13.3. The second-order valence-corrected chi connectivity index (χ2v) is 18.2. The van der Waals surface area contributed by atoms with Gasteiger partial charge in [-0.25, -0.2) is 0 Å². The van der Waals surface area contributed by atoms with Crippen LogP contribution in [-0.4, -0.2) is 122 Å². The lowest BCUT2D eigenvalue weighted by Gasteiger charge is -2.62. The molecule has 5 fully saturated rings. The Morgan fingerprint density at radius 2 is 1.20 bits per heavy atom. The average molecular weight is 768 g/mol. The van der Waals surface area contributed by atoms with E-state index in [1.807, 2.05) is 0 Å². The zero-order valence-electron chi connectivity index (χ0n) is 30.6. The number of hydrogen-bond donors (Lipinski definition) is 2. The lowest BCUT2D eigenvalue weighted by molar-refractivity contribution is -0.257. The molecule has 14 heteroatoms. The van der Waals surface area contributed by atoms with Gasteiger partial charge in [0.15, 0.2) is 5.79 Å². The molecule has 5 rings (SSSR count). The zero-order chi connectivity index (χ0) is 35.7. The van der Waals surface area contributed by atoms with Gasteiger partial charge in [-0.3, -0.25) is 0 Å². The minimum absolute atomic E-state index is 0.00533. The summed E-state index contributed by atoms with van der Waals surface area (Å²) < 4.78 is 64.6. The van der Waals surface area contributed by atoms with Gasteiger partial charge >= 0.3 is 0 Å². The van der Waals surface area contributed by atoms with Gasteiger partial charge in [0.2, 0.25) is 0 Å². The van der Waals surface area contributed by atoms with Crippen LogP contribution in [0.25, 0.3) is 0 Å². The molecule has 0 aromatic heterocycles. The molecule has 5 aliphatic rings. The molecule has 10 atom stereocenters. The van der Waals surface area contributed by atoms with E-state index in [9.17, 15) is 9.46 Å². The van der Waals surface area contributed by atoms with Crippen LogP contribution in [0.2, 0.25) is 0 Å². The van der Waals surface area contributed by atoms with Crippen LogP contribution in [-0.2, 0) is 47.0 Å². The Morgan fingerprint density at radius 1 is 0.680 bits per heavy atom. The van der Waals surface area contributed by atoms with Crippen molar-refractivity contribution in [2.75, 3.05) is 97.9 Å². The maximum Gasteiger partial charge on any atom is 0.174 e. The number of ether oxygens (including phenoxy) is 8. The summed E-state index contributed by atoms with van der Waals surface area (Å²) >= 11 is 9.13. The molecular weight excluding hydrogens is 703 g/mol. The predicted octanol–water partition coefficient (Wildman–Crippen LogP) is 5.04. The van der Waals surface area contributed by atoms with Crippen molar-refractivity contribution in [3.05, 3.63) is 0 Å². The monoisotopic (exact) mass is 767 g/mol. The third kappa shape index (κ3) is 9.48. The van der Waals surface area contributed by atoms with Gasteiger partial charge < -0.3 is 51.9 Å². The van der Waals surface area contributed by atoms with Crippen molar-refractivity contribution in [2.45, 2.75) is 95.3 Å². The number of methoxy groups -OCH3 is 1. The van der Waals surface area contributed by atoms with Crippen molar-refractivity contribution < 1.29 is 51.9 Å². The fourth-order valence-electron chi connectivity index (χ4n) is 10.3. The van der Waals surface area contributed by atoms with Gasteiger partial charge in [0.25, 0.3) is 0 Å². The Bertz CT molecular complexity index is 1060. The van der Waals surface area contributed by atoms with Crippen molar-refractivity contribution in [2.24, 2.45) is 34.5 Å². The molecule has 11 nitrogen and oxygen atoms in total. The van der Waals surface area contributed by atoms with Crippen molar-refractivity contribution in [1.82, 2.24) is 0 Å². The molecule has 0 bridgehead atoms. The second-order valence-electron chi connectivity index (χ2n) is 15.4. The van der Waals surface area contributed by atoms with E-state index in [0.29, 0.717) is 114 Å². The minimum atomic E-state index is -4.00. The quantitative estimate of drug-likeness (QED) is 0.0876. The second kappa shape index (κ2) is 19.4. The van der Waals surface area contributed by atoms with E-state index in [1.54, 1.807) is 7.11 Å². The molecule has 1 heterocycles. The Kier molecular flexibility index (Phi) is 16.2. The van der Waals surface area contributed by atoms with Gasteiger partial charge in [-0.1, -0.05) is 13.8 Å². The summed E-state index contributed by atoms with van der Waals surface area (Å²) in [4.78, 5) is 13.3. The van der Waals surface area contributed by atoms with Crippen LogP contribution in [0.15, 0.2) is 0 Å². The minimum Gasteiger partial charge on any atom is -0.778 e. The Balaban J connectivity index is 0.956. The van der Waals surface area contributed by atoms with Gasteiger partial charge in [0, 0.05) is 36.1 Å². The van der Waals surface area contributed by atoms with Crippen LogP contribution in [0.4, 0.5) is 0 Å². The predicted molar refractivity (Wildman–Crippen MR) is 195 cm³/mol. The number of thiol groups is 2. The van der Waals surface area contributed by atoms with E-state index in [0.717, 1.165) is 44.9 Å². The molecule has 1 aliphatic heterocycles. The molecule has 292 valence electrons. The molecule has 0 amide bonds. The van der Waals surface area contributed by atoms with E-state index in [4.69, 9.17) is 42.4 Å². The summed E-state index contributed by atoms with van der Waals surface area (Å²) in [6.45, 7) is 10.1. The smallest absolute Gasteiger partial charge is 0.174 e. The van der Waals surface area contributed by atoms with Crippen LogP contribution in [0.5, 0.6) is 0 Å². The Hall–Kier alpha value is 0.530. The van der Waals surface area contributed by atoms with E-state index in [1.165, 1.54) is 0 Å². The lowest BCUT2D eigenvalue weighted by Crippen LogP contribution is -2.57. The van der Waals surface area contributed by atoms with E-state index in [2.05, 4.69) is 39.1 Å². The zero-order valence-corrected chi connectivity index (χ0v) is 33.3. The first-order valence-electron chi connectivity index (χ1n) is 19.0. The molecule has 0 radical (unpaired) electrons. The molecule has 50 heavy (non-hydrogen) atoms. The third-order valence-electron chi connectivity index (χ3n) is 13.0. The summed E-state index contributed by atoms with van der Waals surface area (Å²) in [6.07, 6.45) is 8.88. The molecule has 0 N–H and O–H groups in total. The fourth-order valence-corrected chi connectivity index (χ4v) is 12.4. The van der Waals surface area contributed by atoms with Crippen LogP contribution >= 0.6 is 32.9 Å². The van der Waals surface area contributed by atoms with E-state index >= 15 is 0 Å². The molecule has 1 spiro atoms. The highest BCUT2D eigenvalue weighted by molar-refractivity contribution is 7.80. The SMILES string of the molecule is COCCOCCOCCOCCOCCOCCOP(=O)([O-])C1CCC2(C)C(CCC3C2CCC2(C)C3CCC23OC(CS)C(CS)O3)C1. The molecule has 4 saturated carbocycles. The van der Waals surface area contributed by atoms with Crippen LogP contribution in [0.3, 0.4) is 0 Å². The van der Waals surface area contributed by atoms with Crippen molar-refractivity contribution in [1.29, 1.82) is 0 Å². The molecule has 0 aromatic rings. The van der Waals surface area contributed by atoms with Crippen molar-refractivity contribution in [3.63, 3.8) is 0 Å². The largest absolute Gasteiger partial charge is 0.778 e. The molecule has 0 aromatic carbocycles. The van der Waals surface area contributed by atoms with Crippen LogP contribution < -0.4 is 4.89 Å².